The van der Waals surface area contributed by atoms with E-state index >= 15 is 0 Å². The fraction of sp³-hybridized carbons (Fsp3) is 0.455. The largest absolute Gasteiger partial charge is 0.309 e. The number of nitrogens with one attached hydrogen (secondary N) is 1. The van der Waals surface area contributed by atoms with Gasteiger partial charge < -0.3 is 5.32 Å². The minimum absolute atomic E-state index is 0.324. The molecule has 0 aliphatic heterocycles. The van der Waals surface area contributed by atoms with E-state index in [4.69, 9.17) is 0 Å². The van der Waals surface area contributed by atoms with Gasteiger partial charge in [-0.2, -0.15) is 0 Å². The average molecular weight is 253 g/mol. The van der Waals surface area contributed by atoms with Gasteiger partial charge >= 0.3 is 0 Å². The van der Waals surface area contributed by atoms with Gasteiger partial charge in [0.15, 0.2) is 10.0 Å². The highest BCUT2D eigenvalue weighted by Gasteiger charge is 2.11. The highest BCUT2D eigenvalue weighted by atomic mass is 32.1. The molecule has 16 heavy (non-hydrogen) atoms. The van der Waals surface area contributed by atoms with Gasteiger partial charge in [-0.1, -0.05) is 6.92 Å². The molecule has 0 spiro atoms. The van der Waals surface area contributed by atoms with Crippen molar-refractivity contribution in [3.63, 3.8) is 0 Å². The minimum Gasteiger partial charge on any atom is -0.309 e. The lowest BCUT2D eigenvalue weighted by atomic mass is 10.2. The van der Waals surface area contributed by atoms with Crippen LogP contribution < -0.4 is 5.32 Å². The fourth-order valence-electron chi connectivity index (χ4n) is 1.38. The maximum Gasteiger partial charge on any atom is 0.152 e. The predicted molar refractivity (Wildman–Crippen MR) is 69.9 cm³/mol. The second kappa shape index (κ2) is 5.52. The lowest BCUT2D eigenvalue weighted by molar-refractivity contribution is 0.561. The Kier molecular flexibility index (Phi) is 4.04. The van der Waals surface area contributed by atoms with E-state index in [0.717, 1.165) is 28.7 Å². The van der Waals surface area contributed by atoms with E-state index in [1.807, 2.05) is 11.6 Å². The van der Waals surface area contributed by atoms with Crippen LogP contribution in [-0.4, -0.2) is 16.5 Å². The molecule has 2 heterocycles. The van der Waals surface area contributed by atoms with Gasteiger partial charge in [-0.25, -0.2) is 9.97 Å². The van der Waals surface area contributed by atoms with Crippen molar-refractivity contribution in [3.8, 4) is 10.0 Å². The third kappa shape index (κ3) is 2.66. The molecule has 2 aromatic heterocycles. The molecular formula is C11H15N3S2. The van der Waals surface area contributed by atoms with Crippen LogP contribution in [0.1, 0.15) is 32.0 Å². The zero-order valence-electron chi connectivity index (χ0n) is 9.43. The Bertz CT molecular complexity index is 422. The van der Waals surface area contributed by atoms with Crippen molar-refractivity contribution in [1.29, 1.82) is 0 Å². The van der Waals surface area contributed by atoms with Gasteiger partial charge in [-0.05, 0) is 19.9 Å². The van der Waals surface area contributed by atoms with E-state index in [0.29, 0.717) is 6.04 Å². The molecule has 5 heteroatoms. The Hall–Kier alpha value is -0.780. The van der Waals surface area contributed by atoms with Crippen molar-refractivity contribution in [2.75, 3.05) is 6.54 Å². The minimum atomic E-state index is 0.324. The second-order valence-corrected chi connectivity index (χ2v) is 5.34. The first-order valence-corrected chi connectivity index (χ1v) is 7.16. The molecule has 0 fully saturated rings. The summed E-state index contributed by atoms with van der Waals surface area (Å²) in [5, 5.41) is 9.57. The lowest BCUT2D eigenvalue weighted by Gasteiger charge is -2.09. The van der Waals surface area contributed by atoms with Gasteiger partial charge in [0.2, 0.25) is 0 Å². The number of hydrogen-bond acceptors (Lipinski definition) is 5. The first-order chi connectivity index (χ1) is 7.81. The van der Waals surface area contributed by atoms with E-state index < -0.39 is 0 Å². The molecule has 0 aromatic carbocycles. The summed E-state index contributed by atoms with van der Waals surface area (Å²) in [6.45, 7) is 5.35. The Labute approximate surface area is 104 Å². The monoisotopic (exact) mass is 253 g/mol. The zero-order valence-corrected chi connectivity index (χ0v) is 11.1. The number of nitrogens with zero attached hydrogens (tertiary/aromatic N) is 2. The van der Waals surface area contributed by atoms with Crippen LogP contribution in [0.3, 0.4) is 0 Å². The summed E-state index contributed by atoms with van der Waals surface area (Å²) in [5.41, 5.74) is 1.11. The first kappa shape index (κ1) is 11.7. The fourth-order valence-corrected chi connectivity index (χ4v) is 2.99. The lowest BCUT2D eigenvalue weighted by Crippen LogP contribution is -2.19. The third-order valence-corrected chi connectivity index (χ3v) is 4.06. The Morgan fingerprint density at radius 1 is 1.38 bits per heavy atom. The Morgan fingerprint density at radius 3 is 2.94 bits per heavy atom. The van der Waals surface area contributed by atoms with E-state index in [-0.39, 0.29) is 0 Å². The maximum atomic E-state index is 4.61. The number of thiazole rings is 2. The average Bonchev–Trinajstić information content (AvgIpc) is 2.94. The van der Waals surface area contributed by atoms with Crippen LogP contribution in [0.15, 0.2) is 17.0 Å². The van der Waals surface area contributed by atoms with Gasteiger partial charge in [0.1, 0.15) is 0 Å². The normalized spacial score (nSPS) is 12.9. The SMILES string of the molecule is CCCNC(C)c1csc(-c2nccs2)n1. The third-order valence-electron chi connectivity index (χ3n) is 2.28. The topological polar surface area (TPSA) is 37.8 Å². The van der Waals surface area contributed by atoms with Gasteiger partial charge in [0.25, 0.3) is 0 Å². The summed E-state index contributed by atoms with van der Waals surface area (Å²) in [7, 11) is 0. The highest BCUT2D eigenvalue weighted by molar-refractivity contribution is 7.19. The summed E-state index contributed by atoms with van der Waals surface area (Å²) in [5.74, 6) is 0. The highest BCUT2D eigenvalue weighted by Crippen LogP contribution is 2.27. The van der Waals surface area contributed by atoms with Crippen molar-refractivity contribution < 1.29 is 0 Å². The maximum absolute atomic E-state index is 4.61. The second-order valence-electron chi connectivity index (χ2n) is 3.59. The number of hydrogen-bond donors (Lipinski definition) is 1. The molecule has 0 aliphatic carbocycles. The number of rotatable bonds is 5. The summed E-state index contributed by atoms with van der Waals surface area (Å²) in [6, 6.07) is 0.324. The summed E-state index contributed by atoms with van der Waals surface area (Å²) >= 11 is 3.30. The van der Waals surface area contributed by atoms with Gasteiger partial charge in [0, 0.05) is 23.0 Å². The number of aromatic nitrogens is 2. The molecule has 0 amide bonds. The van der Waals surface area contributed by atoms with Gasteiger partial charge in [-0.3, -0.25) is 0 Å². The molecule has 0 saturated carbocycles. The molecule has 1 atom stereocenters. The first-order valence-electron chi connectivity index (χ1n) is 5.40. The molecule has 0 saturated heterocycles. The van der Waals surface area contributed by atoms with Crippen molar-refractivity contribution >= 4 is 22.7 Å². The summed E-state index contributed by atoms with van der Waals surface area (Å²) in [6.07, 6.45) is 2.97. The van der Waals surface area contributed by atoms with Crippen molar-refractivity contribution in [1.82, 2.24) is 15.3 Å². The van der Waals surface area contributed by atoms with Crippen LogP contribution in [0.2, 0.25) is 0 Å². The Balaban J connectivity index is 2.07. The van der Waals surface area contributed by atoms with E-state index in [2.05, 4.69) is 34.5 Å². The zero-order chi connectivity index (χ0) is 11.4. The molecule has 0 aliphatic rings. The molecule has 2 aromatic rings. The van der Waals surface area contributed by atoms with Crippen LogP contribution in [-0.2, 0) is 0 Å². The standard InChI is InChI=1S/C11H15N3S2/c1-3-4-12-8(2)9-7-16-11(14-9)10-13-5-6-15-10/h5-8,12H,3-4H2,1-2H3. The molecule has 0 radical (unpaired) electrons. The molecule has 1 N–H and O–H groups in total. The van der Waals surface area contributed by atoms with Crippen molar-refractivity contribution in [3.05, 3.63) is 22.7 Å². The predicted octanol–water partition coefficient (Wildman–Crippen LogP) is 3.33. The molecule has 2 rings (SSSR count). The van der Waals surface area contributed by atoms with Crippen LogP contribution in [0, 0.1) is 0 Å². The van der Waals surface area contributed by atoms with E-state index in [9.17, 15) is 0 Å². The van der Waals surface area contributed by atoms with Gasteiger partial charge in [-0.15, -0.1) is 22.7 Å². The van der Waals surface area contributed by atoms with Crippen molar-refractivity contribution in [2.24, 2.45) is 0 Å². The Morgan fingerprint density at radius 2 is 2.25 bits per heavy atom. The van der Waals surface area contributed by atoms with Crippen LogP contribution in [0.25, 0.3) is 10.0 Å². The summed E-state index contributed by atoms with van der Waals surface area (Å²) in [4.78, 5) is 8.88. The molecule has 3 nitrogen and oxygen atoms in total. The van der Waals surface area contributed by atoms with Gasteiger partial charge in [0.05, 0.1) is 5.69 Å². The summed E-state index contributed by atoms with van der Waals surface area (Å²) < 4.78 is 0. The molecule has 0 bridgehead atoms. The quantitative estimate of drug-likeness (QED) is 0.888. The molecule has 86 valence electrons. The van der Waals surface area contributed by atoms with Crippen LogP contribution in [0.4, 0.5) is 0 Å². The van der Waals surface area contributed by atoms with Crippen LogP contribution in [0.5, 0.6) is 0 Å². The molecule has 1 unspecified atom stereocenters. The smallest absolute Gasteiger partial charge is 0.152 e. The van der Waals surface area contributed by atoms with E-state index in [1.165, 1.54) is 0 Å². The van der Waals surface area contributed by atoms with Crippen LogP contribution >= 0.6 is 22.7 Å². The molecular weight excluding hydrogens is 238 g/mol. The van der Waals surface area contributed by atoms with Crippen molar-refractivity contribution in [2.45, 2.75) is 26.3 Å². The van der Waals surface area contributed by atoms with E-state index in [1.54, 1.807) is 22.7 Å².